The number of urea groups is 1. The molecule has 6 nitrogen and oxygen atoms in total. The fourth-order valence-electron chi connectivity index (χ4n) is 2.76. The molecule has 2 aromatic carbocycles. The maximum atomic E-state index is 11.9. The summed E-state index contributed by atoms with van der Waals surface area (Å²) in [5.41, 5.74) is 1.80. The Morgan fingerprint density at radius 2 is 1.54 bits per heavy atom. The zero-order chi connectivity index (χ0) is 18.4. The van der Waals surface area contributed by atoms with Gasteiger partial charge in [-0.2, -0.15) is 0 Å². The molecule has 1 fully saturated rings. The summed E-state index contributed by atoms with van der Waals surface area (Å²) in [6.45, 7) is 3.60. The van der Waals surface area contributed by atoms with Crippen LogP contribution in [0.15, 0.2) is 48.5 Å². The van der Waals surface area contributed by atoms with Crippen molar-refractivity contribution in [3.8, 4) is 11.5 Å². The molecule has 0 saturated carbocycles. The van der Waals surface area contributed by atoms with Gasteiger partial charge < -0.3 is 20.3 Å². The van der Waals surface area contributed by atoms with Crippen LogP contribution in [0, 0.1) is 6.92 Å². The second kappa shape index (κ2) is 8.38. The molecule has 0 aliphatic carbocycles. The molecule has 0 bridgehead atoms. The van der Waals surface area contributed by atoms with Crippen molar-refractivity contribution in [3.05, 3.63) is 54.1 Å². The van der Waals surface area contributed by atoms with Crippen molar-refractivity contribution < 1.29 is 14.3 Å². The summed E-state index contributed by atoms with van der Waals surface area (Å²) < 4.78 is 5.75. The molecule has 3 amide bonds. The highest BCUT2D eigenvalue weighted by molar-refractivity contribution is 5.92. The second-order valence-electron chi connectivity index (χ2n) is 6.34. The summed E-state index contributed by atoms with van der Waals surface area (Å²) in [5, 5.41) is 5.31. The lowest BCUT2D eigenvalue weighted by atomic mass is 10.2. The average molecular weight is 353 g/mol. The van der Waals surface area contributed by atoms with Crippen LogP contribution >= 0.6 is 0 Å². The Morgan fingerprint density at radius 3 is 2.15 bits per heavy atom. The van der Waals surface area contributed by atoms with Crippen LogP contribution in [0.25, 0.3) is 0 Å². The van der Waals surface area contributed by atoms with Gasteiger partial charge in [0, 0.05) is 18.8 Å². The molecule has 0 spiro atoms. The molecule has 0 radical (unpaired) electrons. The van der Waals surface area contributed by atoms with Crippen molar-refractivity contribution in [1.29, 1.82) is 0 Å². The lowest BCUT2D eigenvalue weighted by molar-refractivity contribution is -0.128. The van der Waals surface area contributed by atoms with E-state index in [-0.39, 0.29) is 12.5 Å². The molecule has 6 heteroatoms. The Balaban J connectivity index is 1.46. The van der Waals surface area contributed by atoms with E-state index in [1.165, 1.54) is 5.56 Å². The van der Waals surface area contributed by atoms with Crippen LogP contribution in [0.3, 0.4) is 0 Å². The zero-order valence-electron chi connectivity index (χ0n) is 14.8. The van der Waals surface area contributed by atoms with Gasteiger partial charge in [0.1, 0.15) is 11.5 Å². The standard InChI is InChI=1S/C20H23N3O3/c1-15-4-8-17(9-5-15)26-18-10-6-16(7-11-18)22-20(25)21-14-19(24)23-12-2-3-13-23/h4-11H,2-3,12-14H2,1H3,(H2,21,22,25). The maximum absolute atomic E-state index is 11.9. The number of hydrogen-bond acceptors (Lipinski definition) is 3. The number of hydrogen-bond donors (Lipinski definition) is 2. The first-order valence-corrected chi connectivity index (χ1v) is 8.77. The quantitative estimate of drug-likeness (QED) is 0.864. The molecular weight excluding hydrogens is 330 g/mol. The summed E-state index contributed by atoms with van der Waals surface area (Å²) in [6.07, 6.45) is 2.07. The largest absolute Gasteiger partial charge is 0.457 e. The van der Waals surface area contributed by atoms with Crippen molar-refractivity contribution in [2.45, 2.75) is 19.8 Å². The predicted octanol–water partition coefficient (Wildman–Crippen LogP) is 3.53. The molecule has 1 aliphatic rings. The molecule has 2 aromatic rings. The van der Waals surface area contributed by atoms with E-state index in [0.717, 1.165) is 31.7 Å². The number of rotatable bonds is 5. The Hall–Kier alpha value is -3.02. The first-order valence-electron chi connectivity index (χ1n) is 8.77. The minimum absolute atomic E-state index is 0.0143. The van der Waals surface area contributed by atoms with Gasteiger partial charge >= 0.3 is 6.03 Å². The summed E-state index contributed by atoms with van der Waals surface area (Å²) in [6, 6.07) is 14.5. The number of likely N-dealkylation sites (tertiary alicyclic amines) is 1. The first kappa shape index (κ1) is 17.8. The average Bonchev–Trinajstić information content (AvgIpc) is 3.18. The van der Waals surface area contributed by atoms with Crippen LogP contribution in [0.2, 0.25) is 0 Å². The third kappa shape index (κ3) is 4.99. The van der Waals surface area contributed by atoms with E-state index >= 15 is 0 Å². The van der Waals surface area contributed by atoms with Gasteiger partial charge in [-0.05, 0) is 56.2 Å². The van der Waals surface area contributed by atoms with Crippen molar-refractivity contribution in [2.75, 3.05) is 25.0 Å². The Kier molecular flexibility index (Phi) is 5.73. The van der Waals surface area contributed by atoms with E-state index < -0.39 is 6.03 Å². The number of anilines is 1. The summed E-state index contributed by atoms with van der Waals surface area (Å²) in [4.78, 5) is 25.6. The van der Waals surface area contributed by atoms with Crippen molar-refractivity contribution in [1.82, 2.24) is 10.2 Å². The smallest absolute Gasteiger partial charge is 0.319 e. The van der Waals surface area contributed by atoms with Crippen LogP contribution in [0.4, 0.5) is 10.5 Å². The van der Waals surface area contributed by atoms with Gasteiger partial charge in [-0.3, -0.25) is 4.79 Å². The highest BCUT2D eigenvalue weighted by atomic mass is 16.5. The topological polar surface area (TPSA) is 70.7 Å². The van der Waals surface area contributed by atoms with Crippen LogP contribution in [0.1, 0.15) is 18.4 Å². The van der Waals surface area contributed by atoms with Crippen LogP contribution in [0.5, 0.6) is 11.5 Å². The number of carbonyl (C=O) groups is 2. The van der Waals surface area contributed by atoms with E-state index in [4.69, 9.17) is 4.74 Å². The second-order valence-corrected chi connectivity index (χ2v) is 6.34. The first-order chi connectivity index (χ1) is 12.6. The fraction of sp³-hybridized carbons (Fsp3) is 0.300. The normalized spacial score (nSPS) is 13.3. The van der Waals surface area contributed by atoms with Gasteiger partial charge in [0.25, 0.3) is 0 Å². The Bertz CT molecular complexity index is 751. The maximum Gasteiger partial charge on any atom is 0.319 e. The summed E-state index contributed by atoms with van der Waals surface area (Å²) in [7, 11) is 0. The van der Waals surface area contributed by atoms with Crippen molar-refractivity contribution >= 4 is 17.6 Å². The zero-order valence-corrected chi connectivity index (χ0v) is 14.8. The number of ether oxygens (including phenoxy) is 1. The van der Waals surface area contributed by atoms with Gasteiger partial charge in [0.2, 0.25) is 5.91 Å². The fourth-order valence-corrected chi connectivity index (χ4v) is 2.76. The van der Waals surface area contributed by atoms with Crippen molar-refractivity contribution in [2.24, 2.45) is 0 Å². The van der Waals surface area contributed by atoms with Gasteiger partial charge in [-0.15, -0.1) is 0 Å². The molecule has 136 valence electrons. The number of amides is 3. The van der Waals surface area contributed by atoms with Crippen LogP contribution in [-0.4, -0.2) is 36.5 Å². The highest BCUT2D eigenvalue weighted by Crippen LogP contribution is 2.23. The van der Waals surface area contributed by atoms with E-state index in [1.807, 2.05) is 31.2 Å². The monoisotopic (exact) mass is 353 g/mol. The molecule has 0 atom stereocenters. The van der Waals surface area contributed by atoms with Crippen LogP contribution < -0.4 is 15.4 Å². The molecule has 0 aromatic heterocycles. The van der Waals surface area contributed by atoms with Crippen molar-refractivity contribution in [3.63, 3.8) is 0 Å². The molecular formula is C20H23N3O3. The third-order valence-corrected chi connectivity index (χ3v) is 4.23. The molecule has 2 N–H and O–H groups in total. The number of carbonyl (C=O) groups excluding carboxylic acids is 2. The number of nitrogens with one attached hydrogen (secondary N) is 2. The van der Waals surface area contributed by atoms with E-state index in [0.29, 0.717) is 11.4 Å². The molecule has 1 aliphatic heterocycles. The Labute approximate surface area is 153 Å². The SMILES string of the molecule is Cc1ccc(Oc2ccc(NC(=O)NCC(=O)N3CCCC3)cc2)cc1. The van der Waals surface area contributed by atoms with Crippen LogP contribution in [-0.2, 0) is 4.79 Å². The molecule has 0 unspecified atom stereocenters. The van der Waals surface area contributed by atoms with Gasteiger partial charge in [-0.25, -0.2) is 4.79 Å². The Morgan fingerprint density at radius 1 is 0.962 bits per heavy atom. The molecule has 1 saturated heterocycles. The minimum Gasteiger partial charge on any atom is -0.457 e. The minimum atomic E-state index is -0.398. The number of nitrogens with zero attached hydrogens (tertiary/aromatic N) is 1. The van der Waals surface area contributed by atoms with E-state index in [1.54, 1.807) is 29.2 Å². The lowest BCUT2D eigenvalue weighted by Gasteiger charge is -2.15. The van der Waals surface area contributed by atoms with Gasteiger partial charge in [0.05, 0.1) is 6.54 Å². The lowest BCUT2D eigenvalue weighted by Crippen LogP contribution is -2.40. The predicted molar refractivity (Wildman–Crippen MR) is 101 cm³/mol. The van der Waals surface area contributed by atoms with E-state index in [9.17, 15) is 9.59 Å². The van der Waals surface area contributed by atoms with Gasteiger partial charge in [0.15, 0.2) is 0 Å². The molecule has 1 heterocycles. The number of aryl methyl sites for hydroxylation is 1. The summed E-state index contributed by atoms with van der Waals surface area (Å²) in [5.74, 6) is 1.40. The number of benzene rings is 2. The summed E-state index contributed by atoms with van der Waals surface area (Å²) >= 11 is 0. The van der Waals surface area contributed by atoms with E-state index in [2.05, 4.69) is 10.6 Å². The molecule has 3 rings (SSSR count). The van der Waals surface area contributed by atoms with Gasteiger partial charge in [-0.1, -0.05) is 17.7 Å². The highest BCUT2D eigenvalue weighted by Gasteiger charge is 2.18. The molecule has 26 heavy (non-hydrogen) atoms. The third-order valence-electron chi connectivity index (χ3n) is 4.23.